The third-order valence-electron chi connectivity index (χ3n) is 4.36. The van der Waals surface area contributed by atoms with Gasteiger partial charge in [-0.2, -0.15) is 0 Å². The van der Waals surface area contributed by atoms with E-state index in [0.717, 1.165) is 16.9 Å². The molecule has 1 aliphatic rings. The van der Waals surface area contributed by atoms with Crippen LogP contribution in [0.1, 0.15) is 27.5 Å². The minimum atomic E-state index is -0.475. The topological polar surface area (TPSA) is 41.6 Å². The highest BCUT2D eigenvalue weighted by atomic mass is 19.1. The van der Waals surface area contributed by atoms with Crippen molar-refractivity contribution < 1.29 is 13.9 Å². The van der Waals surface area contributed by atoms with Crippen LogP contribution >= 0.6 is 0 Å². The van der Waals surface area contributed by atoms with Gasteiger partial charge in [0.15, 0.2) is 0 Å². The molecule has 1 N–H and O–H groups in total. The van der Waals surface area contributed by atoms with E-state index in [4.69, 9.17) is 4.74 Å². The van der Waals surface area contributed by atoms with Crippen molar-refractivity contribution in [3.63, 3.8) is 0 Å². The van der Waals surface area contributed by atoms with Crippen molar-refractivity contribution in [2.75, 3.05) is 26.7 Å². The zero-order valence-corrected chi connectivity index (χ0v) is 13.9. The summed E-state index contributed by atoms with van der Waals surface area (Å²) in [6.45, 7) is 3.62. The Labute approximate surface area is 141 Å². The fraction of sp³-hybridized carbons (Fsp3) is 0.316. The van der Waals surface area contributed by atoms with E-state index in [1.807, 2.05) is 24.3 Å². The van der Waals surface area contributed by atoms with E-state index in [1.165, 1.54) is 6.07 Å². The molecule has 1 atom stereocenters. The van der Waals surface area contributed by atoms with Gasteiger partial charge in [0.05, 0.1) is 18.7 Å². The second kappa shape index (κ2) is 7.01. The van der Waals surface area contributed by atoms with Gasteiger partial charge in [-0.3, -0.25) is 4.79 Å². The summed E-state index contributed by atoms with van der Waals surface area (Å²) in [5.41, 5.74) is 1.83. The molecule has 1 amide bonds. The lowest BCUT2D eigenvalue weighted by atomic mass is 10.0. The number of carbonyl (C=O) groups is 1. The summed E-state index contributed by atoms with van der Waals surface area (Å²) in [6, 6.07) is 12.2. The SMILES string of the molecule is COc1ccccc1C1CNCCN1C(=O)c1ccc(C)cc1F. The van der Waals surface area contributed by atoms with Crippen LogP contribution in [0.25, 0.3) is 0 Å². The number of hydrogen-bond donors (Lipinski definition) is 1. The first-order valence-electron chi connectivity index (χ1n) is 8.02. The van der Waals surface area contributed by atoms with Crippen LogP contribution in [0.15, 0.2) is 42.5 Å². The molecular formula is C19H21FN2O2. The van der Waals surface area contributed by atoms with Crippen LogP contribution in [0.3, 0.4) is 0 Å². The Morgan fingerprint density at radius 1 is 1.29 bits per heavy atom. The molecule has 0 radical (unpaired) electrons. The molecular weight excluding hydrogens is 307 g/mol. The number of methoxy groups -OCH3 is 1. The normalized spacial score (nSPS) is 17.6. The lowest BCUT2D eigenvalue weighted by Crippen LogP contribution is -2.49. The fourth-order valence-electron chi connectivity index (χ4n) is 3.12. The molecule has 1 unspecified atom stereocenters. The molecule has 1 fully saturated rings. The molecule has 0 bridgehead atoms. The molecule has 2 aromatic rings. The van der Waals surface area contributed by atoms with E-state index in [9.17, 15) is 9.18 Å². The van der Waals surface area contributed by atoms with Crippen LogP contribution in [0.2, 0.25) is 0 Å². The van der Waals surface area contributed by atoms with Crippen molar-refractivity contribution in [3.8, 4) is 5.75 Å². The molecule has 5 heteroatoms. The second-order valence-corrected chi connectivity index (χ2v) is 5.94. The average molecular weight is 328 g/mol. The smallest absolute Gasteiger partial charge is 0.257 e. The summed E-state index contributed by atoms with van der Waals surface area (Å²) in [5, 5.41) is 3.30. The minimum absolute atomic E-state index is 0.113. The maximum Gasteiger partial charge on any atom is 0.257 e. The molecule has 1 aliphatic heterocycles. The van der Waals surface area contributed by atoms with Crippen molar-refractivity contribution in [1.29, 1.82) is 0 Å². The molecule has 0 spiro atoms. The van der Waals surface area contributed by atoms with Gasteiger partial charge in [-0.15, -0.1) is 0 Å². The lowest BCUT2D eigenvalue weighted by molar-refractivity contribution is 0.0627. The van der Waals surface area contributed by atoms with E-state index in [-0.39, 0.29) is 17.5 Å². The number of benzene rings is 2. The molecule has 0 aromatic heterocycles. The number of ether oxygens (including phenoxy) is 1. The predicted molar refractivity (Wildman–Crippen MR) is 90.8 cm³/mol. The van der Waals surface area contributed by atoms with E-state index >= 15 is 0 Å². The Hall–Kier alpha value is -2.40. The third-order valence-corrected chi connectivity index (χ3v) is 4.36. The minimum Gasteiger partial charge on any atom is -0.496 e. The van der Waals surface area contributed by atoms with Crippen LogP contribution < -0.4 is 10.1 Å². The maximum atomic E-state index is 14.2. The first kappa shape index (κ1) is 16.5. The number of nitrogens with zero attached hydrogens (tertiary/aromatic N) is 1. The van der Waals surface area contributed by atoms with Crippen LogP contribution in [-0.4, -0.2) is 37.6 Å². The van der Waals surface area contributed by atoms with Gasteiger partial charge in [0.2, 0.25) is 0 Å². The van der Waals surface area contributed by atoms with Crippen molar-refractivity contribution >= 4 is 5.91 Å². The maximum absolute atomic E-state index is 14.2. The zero-order chi connectivity index (χ0) is 17.1. The number of amides is 1. The zero-order valence-electron chi connectivity index (χ0n) is 13.9. The van der Waals surface area contributed by atoms with E-state index in [2.05, 4.69) is 5.32 Å². The standard InChI is InChI=1S/C19H21FN2O2/c1-13-7-8-14(16(20)11-13)19(23)22-10-9-21-12-17(22)15-5-3-4-6-18(15)24-2/h3-8,11,17,21H,9-10,12H2,1-2H3. The highest BCUT2D eigenvalue weighted by molar-refractivity contribution is 5.95. The highest BCUT2D eigenvalue weighted by Gasteiger charge is 2.31. The molecule has 126 valence electrons. The van der Waals surface area contributed by atoms with Crippen molar-refractivity contribution in [1.82, 2.24) is 10.2 Å². The van der Waals surface area contributed by atoms with Crippen LogP contribution in [-0.2, 0) is 0 Å². The number of hydrogen-bond acceptors (Lipinski definition) is 3. The Balaban J connectivity index is 1.96. The summed E-state index contributed by atoms with van der Waals surface area (Å²) < 4.78 is 19.7. The number of nitrogens with one attached hydrogen (secondary N) is 1. The monoisotopic (exact) mass is 328 g/mol. The number of piperazine rings is 1. The van der Waals surface area contributed by atoms with E-state index in [0.29, 0.717) is 19.6 Å². The molecule has 3 rings (SSSR count). The number of carbonyl (C=O) groups excluding carboxylic acids is 1. The Morgan fingerprint density at radius 3 is 2.83 bits per heavy atom. The molecule has 1 heterocycles. The molecule has 24 heavy (non-hydrogen) atoms. The average Bonchev–Trinajstić information content (AvgIpc) is 2.61. The molecule has 2 aromatic carbocycles. The Bertz CT molecular complexity index is 748. The molecule has 0 saturated carbocycles. The van der Waals surface area contributed by atoms with Gasteiger partial charge in [-0.1, -0.05) is 24.3 Å². The lowest BCUT2D eigenvalue weighted by Gasteiger charge is -2.37. The first-order chi connectivity index (χ1) is 11.6. The second-order valence-electron chi connectivity index (χ2n) is 5.94. The van der Waals surface area contributed by atoms with Crippen molar-refractivity contribution in [2.45, 2.75) is 13.0 Å². The number of aryl methyl sites for hydroxylation is 1. The predicted octanol–water partition coefficient (Wildman–Crippen LogP) is 2.93. The van der Waals surface area contributed by atoms with Crippen LogP contribution in [0.5, 0.6) is 5.75 Å². The van der Waals surface area contributed by atoms with Gasteiger partial charge < -0.3 is 15.0 Å². The summed E-state index contributed by atoms with van der Waals surface area (Å²) in [6.07, 6.45) is 0. The number of rotatable bonds is 3. The summed E-state index contributed by atoms with van der Waals surface area (Å²) in [4.78, 5) is 14.7. The van der Waals surface area contributed by atoms with Gasteiger partial charge in [0, 0.05) is 25.2 Å². The van der Waals surface area contributed by atoms with Crippen molar-refractivity contribution in [2.24, 2.45) is 0 Å². The van der Waals surface area contributed by atoms with Gasteiger partial charge in [-0.25, -0.2) is 4.39 Å². The van der Waals surface area contributed by atoms with Gasteiger partial charge in [0.1, 0.15) is 11.6 Å². The van der Waals surface area contributed by atoms with Gasteiger partial charge >= 0.3 is 0 Å². The van der Waals surface area contributed by atoms with E-state index < -0.39 is 5.82 Å². The van der Waals surface area contributed by atoms with Crippen molar-refractivity contribution in [3.05, 3.63) is 65.0 Å². The Morgan fingerprint density at radius 2 is 2.08 bits per heavy atom. The van der Waals surface area contributed by atoms with E-state index in [1.54, 1.807) is 31.1 Å². The highest BCUT2D eigenvalue weighted by Crippen LogP contribution is 2.31. The van der Waals surface area contributed by atoms with Gasteiger partial charge in [0.25, 0.3) is 5.91 Å². The number of halogens is 1. The first-order valence-corrected chi connectivity index (χ1v) is 8.02. The fourth-order valence-corrected chi connectivity index (χ4v) is 3.12. The largest absolute Gasteiger partial charge is 0.496 e. The third kappa shape index (κ3) is 3.12. The number of para-hydroxylation sites is 1. The van der Waals surface area contributed by atoms with Crippen LogP contribution in [0.4, 0.5) is 4.39 Å². The summed E-state index contributed by atoms with van der Waals surface area (Å²) >= 11 is 0. The molecule has 1 saturated heterocycles. The molecule has 4 nitrogen and oxygen atoms in total. The van der Waals surface area contributed by atoms with Crippen LogP contribution in [0, 0.1) is 12.7 Å². The quantitative estimate of drug-likeness (QED) is 0.942. The molecule has 0 aliphatic carbocycles. The summed E-state index contributed by atoms with van der Waals surface area (Å²) in [5.74, 6) is -0.0319. The Kier molecular flexibility index (Phi) is 4.81. The summed E-state index contributed by atoms with van der Waals surface area (Å²) in [7, 11) is 1.61. The van der Waals surface area contributed by atoms with Gasteiger partial charge in [-0.05, 0) is 30.7 Å².